The van der Waals surface area contributed by atoms with Crippen molar-refractivity contribution in [2.24, 2.45) is 0 Å². The lowest BCUT2D eigenvalue weighted by Gasteiger charge is -2.09. The monoisotopic (exact) mass is 237 g/mol. The lowest BCUT2D eigenvalue weighted by atomic mass is 10.3. The fraction of sp³-hybridized carbons (Fsp3) is 0.692. The lowest BCUT2D eigenvalue weighted by Crippen LogP contribution is -2.15. The van der Waals surface area contributed by atoms with E-state index in [9.17, 15) is 0 Å². The van der Waals surface area contributed by atoms with Gasteiger partial charge in [-0.05, 0) is 19.4 Å². The van der Waals surface area contributed by atoms with Crippen LogP contribution in [0.1, 0.15) is 45.1 Å². The van der Waals surface area contributed by atoms with Crippen molar-refractivity contribution < 1.29 is 4.74 Å². The number of hydrogen-bond donors (Lipinski definition) is 1. The van der Waals surface area contributed by atoms with E-state index in [2.05, 4.69) is 29.1 Å². The molecule has 1 rings (SSSR count). The highest BCUT2D eigenvalue weighted by atomic mass is 16.5. The van der Waals surface area contributed by atoms with Crippen molar-refractivity contribution in [3.05, 3.63) is 18.1 Å². The molecule has 1 aromatic heterocycles. The first-order valence-electron chi connectivity index (χ1n) is 6.50. The first kappa shape index (κ1) is 13.9. The third-order valence-electron chi connectivity index (χ3n) is 2.48. The quantitative estimate of drug-likeness (QED) is 0.670. The van der Waals surface area contributed by atoms with Crippen LogP contribution in [0.3, 0.4) is 0 Å². The van der Waals surface area contributed by atoms with E-state index in [1.54, 1.807) is 6.33 Å². The fourth-order valence-corrected chi connectivity index (χ4v) is 1.52. The minimum Gasteiger partial charge on any atom is -0.477 e. The summed E-state index contributed by atoms with van der Waals surface area (Å²) >= 11 is 0. The van der Waals surface area contributed by atoms with E-state index in [0.29, 0.717) is 0 Å². The number of hydrogen-bond acceptors (Lipinski definition) is 4. The molecule has 0 saturated carbocycles. The average Bonchev–Trinajstić information content (AvgIpc) is 2.36. The second-order valence-electron chi connectivity index (χ2n) is 4.09. The molecule has 0 bridgehead atoms. The van der Waals surface area contributed by atoms with Crippen LogP contribution in [0.25, 0.3) is 0 Å². The van der Waals surface area contributed by atoms with Crippen molar-refractivity contribution >= 4 is 0 Å². The summed E-state index contributed by atoms with van der Waals surface area (Å²) in [5, 5.41) is 3.33. The van der Waals surface area contributed by atoms with Gasteiger partial charge in [0.05, 0.1) is 6.61 Å². The van der Waals surface area contributed by atoms with Crippen molar-refractivity contribution in [2.45, 2.75) is 46.1 Å². The second-order valence-corrected chi connectivity index (χ2v) is 4.09. The Morgan fingerprint density at radius 3 is 2.88 bits per heavy atom. The van der Waals surface area contributed by atoms with Crippen LogP contribution in [-0.4, -0.2) is 23.1 Å². The molecule has 0 aliphatic carbocycles. The maximum atomic E-state index is 5.68. The smallest absolute Gasteiger partial charge is 0.220 e. The molecule has 0 unspecified atom stereocenters. The molecule has 0 aromatic carbocycles. The summed E-state index contributed by atoms with van der Waals surface area (Å²) in [6, 6.07) is 0. The number of rotatable bonds is 9. The van der Waals surface area contributed by atoms with Crippen molar-refractivity contribution in [2.75, 3.05) is 13.2 Å². The van der Waals surface area contributed by atoms with E-state index in [0.717, 1.165) is 44.0 Å². The van der Waals surface area contributed by atoms with Gasteiger partial charge >= 0.3 is 0 Å². The Kier molecular flexibility index (Phi) is 7.30. The van der Waals surface area contributed by atoms with E-state index in [1.165, 1.54) is 12.8 Å². The Labute approximate surface area is 104 Å². The van der Waals surface area contributed by atoms with E-state index in [-0.39, 0.29) is 0 Å². The third-order valence-corrected chi connectivity index (χ3v) is 2.48. The molecule has 0 spiro atoms. The van der Waals surface area contributed by atoms with Crippen LogP contribution in [0.5, 0.6) is 5.88 Å². The molecule has 1 N–H and O–H groups in total. The predicted octanol–water partition coefficient (Wildman–Crippen LogP) is 2.55. The molecule has 0 saturated heterocycles. The van der Waals surface area contributed by atoms with E-state index in [1.807, 2.05) is 6.20 Å². The van der Waals surface area contributed by atoms with E-state index < -0.39 is 0 Å². The first-order chi connectivity index (χ1) is 8.38. The highest BCUT2D eigenvalue weighted by Crippen LogP contribution is 2.13. The number of aromatic nitrogens is 2. The van der Waals surface area contributed by atoms with Crippen molar-refractivity contribution in [1.82, 2.24) is 15.3 Å². The Hall–Kier alpha value is -1.16. The van der Waals surface area contributed by atoms with Crippen LogP contribution in [0.15, 0.2) is 12.5 Å². The molecule has 4 heteroatoms. The fourth-order valence-electron chi connectivity index (χ4n) is 1.52. The van der Waals surface area contributed by atoms with Gasteiger partial charge in [-0.1, -0.05) is 26.7 Å². The van der Waals surface area contributed by atoms with Crippen LogP contribution in [-0.2, 0) is 6.54 Å². The zero-order chi connectivity index (χ0) is 12.3. The van der Waals surface area contributed by atoms with Crippen LogP contribution in [0, 0.1) is 0 Å². The van der Waals surface area contributed by atoms with Gasteiger partial charge in [-0.2, -0.15) is 0 Å². The SMILES string of the molecule is CCCCCOc1ncncc1CNCCC. The van der Waals surface area contributed by atoms with Gasteiger partial charge in [0, 0.05) is 18.3 Å². The van der Waals surface area contributed by atoms with Gasteiger partial charge in [0.1, 0.15) is 6.33 Å². The molecule has 0 radical (unpaired) electrons. The van der Waals surface area contributed by atoms with E-state index in [4.69, 9.17) is 4.74 Å². The number of unbranched alkanes of at least 4 members (excludes halogenated alkanes) is 2. The molecule has 96 valence electrons. The van der Waals surface area contributed by atoms with Crippen molar-refractivity contribution in [1.29, 1.82) is 0 Å². The van der Waals surface area contributed by atoms with Gasteiger partial charge in [0.25, 0.3) is 0 Å². The summed E-state index contributed by atoms with van der Waals surface area (Å²) in [4.78, 5) is 8.22. The largest absolute Gasteiger partial charge is 0.477 e. The number of nitrogens with one attached hydrogen (secondary N) is 1. The van der Waals surface area contributed by atoms with Crippen LogP contribution in [0.2, 0.25) is 0 Å². The Balaban J connectivity index is 2.40. The molecule has 1 aromatic rings. The van der Waals surface area contributed by atoms with Crippen molar-refractivity contribution in [3.63, 3.8) is 0 Å². The summed E-state index contributed by atoms with van der Waals surface area (Å²) in [5.41, 5.74) is 1.04. The first-order valence-corrected chi connectivity index (χ1v) is 6.50. The standard InChI is InChI=1S/C13H23N3O/c1-3-5-6-8-17-13-12(9-14-7-4-2)10-15-11-16-13/h10-11,14H,3-9H2,1-2H3. The Morgan fingerprint density at radius 2 is 2.12 bits per heavy atom. The molecule has 0 amide bonds. The van der Waals surface area contributed by atoms with Gasteiger partial charge < -0.3 is 10.1 Å². The normalized spacial score (nSPS) is 10.5. The second kappa shape index (κ2) is 8.93. The molecular weight excluding hydrogens is 214 g/mol. The number of ether oxygens (including phenoxy) is 1. The molecule has 17 heavy (non-hydrogen) atoms. The average molecular weight is 237 g/mol. The zero-order valence-corrected chi connectivity index (χ0v) is 10.9. The van der Waals surface area contributed by atoms with Crippen molar-refractivity contribution in [3.8, 4) is 5.88 Å². The highest BCUT2D eigenvalue weighted by Gasteiger charge is 2.04. The molecular formula is C13H23N3O. The van der Waals surface area contributed by atoms with Gasteiger partial charge in [0.2, 0.25) is 5.88 Å². The zero-order valence-electron chi connectivity index (χ0n) is 10.9. The maximum Gasteiger partial charge on any atom is 0.220 e. The molecule has 0 aliphatic heterocycles. The van der Waals surface area contributed by atoms with Crippen LogP contribution < -0.4 is 10.1 Å². The molecule has 0 aliphatic rings. The molecule has 4 nitrogen and oxygen atoms in total. The van der Waals surface area contributed by atoms with Gasteiger partial charge in [-0.3, -0.25) is 0 Å². The minimum atomic E-state index is 0.722. The summed E-state index contributed by atoms with van der Waals surface area (Å²) in [5.74, 6) is 0.722. The lowest BCUT2D eigenvalue weighted by molar-refractivity contribution is 0.290. The molecule has 0 fully saturated rings. The van der Waals surface area contributed by atoms with Crippen LogP contribution >= 0.6 is 0 Å². The predicted molar refractivity (Wildman–Crippen MR) is 69.0 cm³/mol. The summed E-state index contributed by atoms with van der Waals surface area (Å²) < 4.78 is 5.68. The van der Waals surface area contributed by atoms with Gasteiger partial charge in [-0.15, -0.1) is 0 Å². The number of nitrogens with zero attached hydrogens (tertiary/aromatic N) is 2. The summed E-state index contributed by atoms with van der Waals surface area (Å²) in [6.07, 6.45) is 7.98. The topological polar surface area (TPSA) is 47.0 Å². The minimum absolute atomic E-state index is 0.722. The summed E-state index contributed by atoms with van der Waals surface area (Å²) in [6.45, 7) is 6.86. The Bertz CT molecular complexity index is 304. The highest BCUT2D eigenvalue weighted by molar-refractivity contribution is 5.21. The van der Waals surface area contributed by atoms with Gasteiger partial charge in [0.15, 0.2) is 0 Å². The van der Waals surface area contributed by atoms with Crippen LogP contribution in [0.4, 0.5) is 0 Å². The summed E-state index contributed by atoms with van der Waals surface area (Å²) in [7, 11) is 0. The molecule has 0 atom stereocenters. The Morgan fingerprint density at radius 1 is 1.24 bits per heavy atom. The third kappa shape index (κ3) is 5.63. The van der Waals surface area contributed by atoms with Gasteiger partial charge in [-0.25, -0.2) is 9.97 Å². The molecule has 1 heterocycles. The van der Waals surface area contributed by atoms with E-state index >= 15 is 0 Å². The maximum absolute atomic E-state index is 5.68.